The van der Waals surface area contributed by atoms with Gasteiger partial charge in [0.2, 0.25) is 0 Å². The van der Waals surface area contributed by atoms with E-state index in [-0.39, 0.29) is 0 Å². The summed E-state index contributed by atoms with van der Waals surface area (Å²) in [5.41, 5.74) is 5.50. The number of hydrogen-bond donors (Lipinski definition) is 1. The van der Waals surface area contributed by atoms with Crippen LogP contribution in [0, 0.1) is 0 Å². The number of methoxy groups -OCH3 is 1. The zero-order valence-electron chi connectivity index (χ0n) is 10.1. The Balaban J connectivity index is 2.29. The van der Waals surface area contributed by atoms with E-state index in [1.165, 1.54) is 11.3 Å². The first-order chi connectivity index (χ1) is 8.06. The Kier molecular flexibility index (Phi) is 3.17. The average molecular weight is 253 g/mol. The van der Waals surface area contributed by atoms with Crippen LogP contribution in [0.5, 0.6) is 5.75 Å². The summed E-state index contributed by atoms with van der Waals surface area (Å²) in [5.74, 6) is 1.80. The number of nitrogens with zero attached hydrogens (tertiary/aromatic N) is 2. The van der Waals surface area contributed by atoms with Gasteiger partial charge in [-0.15, -0.1) is 11.3 Å². The van der Waals surface area contributed by atoms with E-state index in [2.05, 4.69) is 10.1 Å². The van der Waals surface area contributed by atoms with Gasteiger partial charge in [0.1, 0.15) is 5.75 Å². The van der Waals surface area contributed by atoms with Gasteiger partial charge in [0.05, 0.1) is 17.5 Å². The summed E-state index contributed by atoms with van der Waals surface area (Å²) in [7, 11) is 1.62. The minimum absolute atomic E-state index is 0.485. The molecule has 2 rings (SSSR count). The van der Waals surface area contributed by atoms with E-state index in [9.17, 15) is 0 Å². The fourth-order valence-corrected chi connectivity index (χ4v) is 2.03. The maximum absolute atomic E-state index is 6.05. The highest BCUT2D eigenvalue weighted by Gasteiger charge is 2.25. The molecule has 0 saturated carbocycles. The van der Waals surface area contributed by atoms with Crippen molar-refractivity contribution in [2.75, 3.05) is 7.11 Å². The van der Waals surface area contributed by atoms with E-state index in [1.54, 1.807) is 7.11 Å². The van der Waals surface area contributed by atoms with Crippen LogP contribution < -0.4 is 10.5 Å². The quantitative estimate of drug-likeness (QED) is 0.905. The Hall–Kier alpha value is -1.40. The molecule has 0 aliphatic rings. The predicted molar refractivity (Wildman–Crippen MR) is 66.0 cm³/mol. The second kappa shape index (κ2) is 4.46. The minimum Gasteiger partial charge on any atom is -0.496 e. The van der Waals surface area contributed by atoms with Crippen LogP contribution in [0.1, 0.15) is 26.1 Å². The van der Waals surface area contributed by atoms with Gasteiger partial charge in [-0.3, -0.25) is 0 Å². The molecular weight excluding hydrogens is 238 g/mol. The first-order valence-electron chi connectivity index (χ1n) is 5.33. The zero-order chi connectivity index (χ0) is 12.5. The Morgan fingerprint density at radius 3 is 2.94 bits per heavy atom. The van der Waals surface area contributed by atoms with Crippen LogP contribution in [0.25, 0.3) is 10.8 Å². The molecule has 0 bridgehead atoms. The maximum atomic E-state index is 6.05. The van der Waals surface area contributed by atoms with Crippen LogP contribution >= 0.6 is 11.3 Å². The van der Waals surface area contributed by atoms with E-state index in [0.29, 0.717) is 11.7 Å². The zero-order valence-corrected chi connectivity index (χ0v) is 10.9. The Morgan fingerprint density at radius 2 is 2.35 bits per heavy atom. The third kappa shape index (κ3) is 2.32. The molecule has 17 heavy (non-hydrogen) atoms. The number of hydrogen-bond acceptors (Lipinski definition) is 6. The summed E-state index contributed by atoms with van der Waals surface area (Å²) in [5, 5.41) is 5.81. The number of aromatic nitrogens is 2. The average Bonchev–Trinajstić information content (AvgIpc) is 2.97. The Bertz CT molecular complexity index is 504. The normalized spacial score (nSPS) is 14.6. The summed E-state index contributed by atoms with van der Waals surface area (Å²) in [4.78, 5) is 5.20. The Labute approximate surface area is 104 Å². The van der Waals surface area contributed by atoms with Crippen LogP contribution in [0.3, 0.4) is 0 Å². The molecule has 0 saturated heterocycles. The molecule has 2 heterocycles. The summed E-state index contributed by atoms with van der Waals surface area (Å²) in [6.07, 6.45) is 0.750. The first-order valence-corrected chi connectivity index (χ1v) is 6.20. The van der Waals surface area contributed by atoms with Crippen LogP contribution in [-0.4, -0.2) is 17.3 Å². The lowest BCUT2D eigenvalue weighted by Crippen LogP contribution is -2.33. The molecule has 5 nitrogen and oxygen atoms in total. The smallest absolute Gasteiger partial charge is 0.268 e. The molecule has 0 radical (unpaired) electrons. The lowest BCUT2D eigenvalue weighted by Gasteiger charge is -2.16. The number of ether oxygens (including phenoxy) is 1. The minimum atomic E-state index is -0.552. The summed E-state index contributed by atoms with van der Waals surface area (Å²) < 4.78 is 10.3. The molecule has 0 amide bonds. The Morgan fingerprint density at radius 1 is 1.59 bits per heavy atom. The molecule has 0 aliphatic carbocycles. The van der Waals surface area contributed by atoms with E-state index < -0.39 is 5.54 Å². The van der Waals surface area contributed by atoms with Gasteiger partial charge in [-0.25, -0.2) is 0 Å². The van der Waals surface area contributed by atoms with E-state index in [0.717, 1.165) is 17.0 Å². The molecule has 0 aliphatic heterocycles. The molecule has 0 fully saturated rings. The third-order valence-electron chi connectivity index (χ3n) is 2.69. The van der Waals surface area contributed by atoms with Gasteiger partial charge in [0, 0.05) is 11.4 Å². The van der Waals surface area contributed by atoms with Crippen LogP contribution in [0.15, 0.2) is 16.0 Å². The molecule has 2 N–H and O–H groups in total. The lowest BCUT2D eigenvalue weighted by atomic mass is 10.0. The molecule has 1 unspecified atom stereocenters. The van der Waals surface area contributed by atoms with Gasteiger partial charge in [0.25, 0.3) is 5.89 Å². The van der Waals surface area contributed by atoms with Crippen molar-refractivity contribution in [2.24, 2.45) is 5.73 Å². The molecule has 2 aromatic heterocycles. The van der Waals surface area contributed by atoms with Gasteiger partial charge in [0.15, 0.2) is 5.82 Å². The topological polar surface area (TPSA) is 74.2 Å². The van der Waals surface area contributed by atoms with Crippen molar-refractivity contribution >= 4 is 11.3 Å². The highest BCUT2D eigenvalue weighted by Crippen LogP contribution is 2.31. The fourth-order valence-electron chi connectivity index (χ4n) is 1.25. The molecular formula is C11H15N3O2S. The largest absolute Gasteiger partial charge is 0.496 e. The van der Waals surface area contributed by atoms with E-state index in [1.807, 2.05) is 25.3 Å². The number of thiophene rings is 1. The molecule has 0 spiro atoms. The number of nitrogens with two attached hydrogens (primary N) is 1. The third-order valence-corrected chi connectivity index (χ3v) is 3.59. The van der Waals surface area contributed by atoms with Crippen LogP contribution in [0.4, 0.5) is 0 Å². The second-order valence-corrected chi connectivity index (χ2v) is 4.96. The van der Waals surface area contributed by atoms with E-state index >= 15 is 0 Å². The molecule has 2 aromatic rings. The van der Waals surface area contributed by atoms with Crippen LogP contribution in [-0.2, 0) is 5.54 Å². The summed E-state index contributed by atoms with van der Waals surface area (Å²) >= 11 is 1.50. The molecule has 0 aromatic carbocycles. The lowest BCUT2D eigenvalue weighted by molar-refractivity contribution is 0.379. The van der Waals surface area contributed by atoms with Crippen molar-refractivity contribution < 1.29 is 9.26 Å². The van der Waals surface area contributed by atoms with E-state index in [4.69, 9.17) is 15.0 Å². The van der Waals surface area contributed by atoms with Crippen molar-refractivity contribution in [1.82, 2.24) is 10.1 Å². The SMILES string of the molecule is CCC(C)(N)c1noc(-c2cc(OC)cs2)n1. The van der Waals surface area contributed by atoms with Crippen molar-refractivity contribution in [1.29, 1.82) is 0 Å². The predicted octanol–water partition coefficient (Wildman–Crippen LogP) is 2.39. The van der Waals surface area contributed by atoms with Gasteiger partial charge >= 0.3 is 0 Å². The van der Waals surface area contributed by atoms with Gasteiger partial charge < -0.3 is 15.0 Å². The maximum Gasteiger partial charge on any atom is 0.268 e. The van der Waals surface area contributed by atoms with Crippen molar-refractivity contribution in [2.45, 2.75) is 25.8 Å². The van der Waals surface area contributed by atoms with Crippen molar-refractivity contribution in [3.8, 4) is 16.5 Å². The fraction of sp³-hybridized carbons (Fsp3) is 0.455. The molecule has 1 atom stereocenters. The summed E-state index contributed by atoms with van der Waals surface area (Å²) in [6.45, 7) is 3.88. The number of rotatable bonds is 4. The van der Waals surface area contributed by atoms with Gasteiger partial charge in [-0.05, 0) is 13.3 Å². The summed E-state index contributed by atoms with van der Waals surface area (Å²) in [6, 6.07) is 1.86. The highest BCUT2D eigenvalue weighted by molar-refractivity contribution is 7.13. The monoisotopic (exact) mass is 253 g/mol. The van der Waals surface area contributed by atoms with Crippen molar-refractivity contribution in [3.63, 3.8) is 0 Å². The molecule has 6 heteroatoms. The van der Waals surface area contributed by atoms with Crippen LogP contribution in [0.2, 0.25) is 0 Å². The van der Waals surface area contributed by atoms with Gasteiger partial charge in [-0.2, -0.15) is 4.98 Å². The first kappa shape index (κ1) is 12.1. The molecule has 92 valence electrons. The van der Waals surface area contributed by atoms with Gasteiger partial charge in [-0.1, -0.05) is 12.1 Å². The highest BCUT2D eigenvalue weighted by atomic mass is 32.1. The second-order valence-electron chi connectivity index (χ2n) is 4.04. The van der Waals surface area contributed by atoms with Crippen molar-refractivity contribution in [3.05, 3.63) is 17.3 Å². The standard InChI is InChI=1S/C11H15N3O2S/c1-4-11(2,12)10-13-9(16-14-10)8-5-7(15-3)6-17-8/h5-6H,4,12H2,1-3H3.